The molecular formula is C58H95N13O15. The number of rotatable bonds is 38. The van der Waals surface area contributed by atoms with Crippen molar-refractivity contribution in [3.63, 3.8) is 0 Å². The molecule has 1 aliphatic rings. The molecule has 0 aliphatic carbocycles. The van der Waals surface area contributed by atoms with Gasteiger partial charge in [0.1, 0.15) is 54.4 Å². The van der Waals surface area contributed by atoms with Gasteiger partial charge in [-0.05, 0) is 60.8 Å². The molecular weight excluding hydrogens is 1120 g/mol. The number of benzene rings is 1. The monoisotopic (exact) mass is 1210 g/mol. The van der Waals surface area contributed by atoms with Gasteiger partial charge in [-0.2, -0.15) is 0 Å². The molecule has 1 fully saturated rings. The summed E-state index contributed by atoms with van der Waals surface area (Å²) in [7, 11) is 0. The zero-order valence-electron chi connectivity index (χ0n) is 51.3. The molecule has 0 bridgehead atoms. The summed E-state index contributed by atoms with van der Waals surface area (Å²) in [4.78, 5) is 175. The zero-order chi connectivity index (χ0) is 65.1. The van der Waals surface area contributed by atoms with Crippen LogP contribution in [0.25, 0.3) is 0 Å². The molecule has 14 atom stereocenters. The van der Waals surface area contributed by atoms with E-state index in [2.05, 4.69) is 47.9 Å². The summed E-state index contributed by atoms with van der Waals surface area (Å²) in [5.41, 5.74) is 17.8. The second-order valence-corrected chi connectivity index (χ2v) is 22.8. The zero-order valence-corrected chi connectivity index (χ0v) is 51.3. The first-order valence-corrected chi connectivity index (χ1v) is 29.6. The van der Waals surface area contributed by atoms with Gasteiger partial charge in [0.2, 0.25) is 70.9 Å². The van der Waals surface area contributed by atoms with E-state index < -0.39 is 175 Å². The minimum Gasteiger partial charge on any atom is -0.480 e. The molecule has 0 unspecified atom stereocenters. The quantitative estimate of drug-likeness (QED) is 0.0340. The summed E-state index contributed by atoms with van der Waals surface area (Å²) in [5.74, 6) is -13.7. The van der Waals surface area contributed by atoms with E-state index in [1.165, 1.54) is 0 Å². The Morgan fingerprint density at radius 1 is 0.570 bits per heavy atom. The third kappa shape index (κ3) is 24.0. The molecule has 1 aromatic rings. The van der Waals surface area contributed by atoms with E-state index in [4.69, 9.17) is 17.2 Å². The molecule has 28 heteroatoms. The van der Waals surface area contributed by atoms with Gasteiger partial charge in [0.05, 0.1) is 25.6 Å². The Hall–Kier alpha value is -7.75. The lowest BCUT2D eigenvalue weighted by Gasteiger charge is -2.33. The standard InChI is InChI=1S/C58H95N13O15/c1-11-31(7)45(61)53(80)64-37(26-35-19-16-15-17-20-35)51(78)68-48(34(10)14-4)56(83)70-47(33(9)13-3)54(81)65-38(27-43(60)74)57(84)71-24-18-21-41(71)52(79)69-46(32(8)12-2)55(82)67-40(29-72)49(76)62-28-44(75)63-36(22-23-42(59)73)50(77)66-39(58(85)86)25-30(5)6/h15-17,19-20,30-34,36-41,45-48,72H,11-14,18,21-29,61H2,1-10H3,(H2,59,73)(H2,60,74)(H,62,76)(H,63,75)(H,64,80)(H,65,81)(H,66,77)(H,67,82)(H,68,78)(H,69,79)(H,70,83)(H,85,86)/t31-,32-,33-,34-,36-,37-,38-,39-,40-,41-,45-,46-,47-,48-/m0/s1. The summed E-state index contributed by atoms with van der Waals surface area (Å²) in [6.45, 7) is 15.6. The molecule has 28 nitrogen and oxygen atoms in total. The first kappa shape index (κ1) is 74.4. The topological polar surface area (TPSA) is 452 Å². The van der Waals surface area contributed by atoms with Gasteiger partial charge < -0.3 is 80.2 Å². The predicted octanol–water partition coefficient (Wildman–Crippen LogP) is -2.01. The first-order valence-electron chi connectivity index (χ1n) is 29.6. The number of hydrogen-bond acceptors (Lipinski definition) is 15. The number of carboxylic acids is 1. The molecule has 0 aromatic heterocycles. The Balaban J connectivity index is 2.32. The fraction of sp³-hybridized carbons (Fsp3) is 0.672. The molecule has 1 saturated heterocycles. The maximum atomic E-state index is 14.5. The molecule has 482 valence electrons. The normalized spacial score (nSPS) is 17.5. The average molecular weight is 1210 g/mol. The number of aliphatic carboxylic acids is 1. The molecule has 12 amide bonds. The van der Waals surface area contributed by atoms with E-state index in [1.807, 2.05) is 13.8 Å². The van der Waals surface area contributed by atoms with Crippen molar-refractivity contribution < 1.29 is 72.5 Å². The maximum Gasteiger partial charge on any atom is 0.326 e. The molecule has 1 heterocycles. The van der Waals surface area contributed by atoms with Gasteiger partial charge >= 0.3 is 5.97 Å². The smallest absolute Gasteiger partial charge is 0.326 e. The van der Waals surface area contributed by atoms with Gasteiger partial charge in [-0.15, -0.1) is 0 Å². The number of carbonyl (C=O) groups is 13. The lowest BCUT2D eigenvalue weighted by atomic mass is 9.94. The lowest BCUT2D eigenvalue weighted by Crippen LogP contribution is -2.62. The van der Waals surface area contributed by atoms with E-state index in [9.17, 15) is 72.5 Å². The van der Waals surface area contributed by atoms with Crippen LogP contribution in [0.15, 0.2) is 30.3 Å². The van der Waals surface area contributed by atoms with Crippen molar-refractivity contribution in [2.45, 2.75) is 200 Å². The van der Waals surface area contributed by atoms with Crippen LogP contribution in [0.2, 0.25) is 0 Å². The number of nitrogens with zero attached hydrogens (tertiary/aromatic N) is 1. The predicted molar refractivity (Wildman–Crippen MR) is 316 cm³/mol. The number of carboxylic acid groups (broad SMARTS) is 1. The highest BCUT2D eigenvalue weighted by molar-refractivity contribution is 6.00. The SMILES string of the molecule is CC[C@H](C)[C@H](N)C(=O)N[C@@H](Cc1ccccc1)C(=O)N[C@H](C(=O)N[C@H](C(=O)N[C@@H](CC(N)=O)C(=O)N1CCC[C@H]1C(=O)N[C@H](C(=O)N[C@@H](CO)C(=O)NCC(=O)N[C@@H](CCC(N)=O)C(=O)N[C@@H](CC(C)C)C(=O)O)[C@@H](C)CC)[C@@H](C)CC)[C@@H](C)CC. The number of carbonyl (C=O) groups excluding carboxylic acids is 12. The van der Waals surface area contributed by atoms with Gasteiger partial charge in [0.15, 0.2) is 0 Å². The minimum atomic E-state index is -1.69. The van der Waals surface area contributed by atoms with Crippen molar-refractivity contribution in [1.82, 2.24) is 52.8 Å². The number of primary amides is 2. The van der Waals surface area contributed by atoms with Crippen molar-refractivity contribution in [2.75, 3.05) is 19.7 Å². The number of likely N-dealkylation sites (tertiary alicyclic amines) is 1. The summed E-state index contributed by atoms with van der Waals surface area (Å²) in [5, 5.41) is 42.6. The van der Waals surface area contributed by atoms with Crippen LogP contribution >= 0.6 is 0 Å². The molecule has 17 N–H and O–H groups in total. The molecule has 1 aliphatic heterocycles. The van der Waals surface area contributed by atoms with E-state index in [0.717, 1.165) is 10.5 Å². The highest BCUT2D eigenvalue weighted by Crippen LogP contribution is 2.22. The number of aliphatic hydroxyl groups excluding tert-OH is 1. The third-order valence-corrected chi connectivity index (χ3v) is 15.6. The van der Waals surface area contributed by atoms with Crippen LogP contribution in [0.4, 0.5) is 0 Å². The van der Waals surface area contributed by atoms with Crippen LogP contribution in [-0.2, 0) is 68.7 Å². The van der Waals surface area contributed by atoms with Crippen molar-refractivity contribution in [2.24, 2.45) is 46.8 Å². The van der Waals surface area contributed by atoms with Crippen molar-refractivity contribution in [3.8, 4) is 0 Å². The van der Waals surface area contributed by atoms with E-state index >= 15 is 0 Å². The molecule has 2 rings (SSSR count). The summed E-state index contributed by atoms with van der Waals surface area (Å²) >= 11 is 0. The Morgan fingerprint density at radius 3 is 1.56 bits per heavy atom. The van der Waals surface area contributed by atoms with Crippen LogP contribution in [-0.4, -0.2) is 172 Å². The van der Waals surface area contributed by atoms with E-state index in [-0.39, 0.29) is 56.9 Å². The Kier molecular flexibility index (Phi) is 31.9. The Bertz CT molecular complexity index is 2500. The van der Waals surface area contributed by atoms with Gasteiger partial charge in [-0.25, -0.2) is 4.79 Å². The number of nitrogens with two attached hydrogens (primary N) is 3. The first-order chi connectivity index (χ1) is 40.4. The van der Waals surface area contributed by atoms with Crippen LogP contribution in [0.1, 0.15) is 139 Å². The number of amides is 12. The van der Waals surface area contributed by atoms with Gasteiger partial charge in [-0.3, -0.25) is 57.5 Å². The van der Waals surface area contributed by atoms with Crippen LogP contribution in [0.5, 0.6) is 0 Å². The Labute approximate surface area is 503 Å². The highest BCUT2D eigenvalue weighted by atomic mass is 16.4. The summed E-state index contributed by atoms with van der Waals surface area (Å²) in [6.07, 6.45) is 0.683. The second-order valence-electron chi connectivity index (χ2n) is 22.8. The molecule has 0 spiro atoms. The highest BCUT2D eigenvalue weighted by Gasteiger charge is 2.42. The molecule has 0 saturated carbocycles. The summed E-state index contributed by atoms with van der Waals surface area (Å²) < 4.78 is 0. The van der Waals surface area contributed by atoms with Crippen molar-refractivity contribution >= 4 is 76.9 Å². The fourth-order valence-corrected chi connectivity index (χ4v) is 9.37. The lowest BCUT2D eigenvalue weighted by molar-refractivity contribution is -0.144. The van der Waals surface area contributed by atoms with Gasteiger partial charge in [0.25, 0.3) is 0 Å². The Morgan fingerprint density at radius 2 is 1.06 bits per heavy atom. The third-order valence-electron chi connectivity index (χ3n) is 15.6. The van der Waals surface area contributed by atoms with Crippen molar-refractivity contribution in [1.29, 1.82) is 0 Å². The second kappa shape index (κ2) is 37.0. The molecule has 1 aromatic carbocycles. The molecule has 0 radical (unpaired) electrons. The van der Waals surface area contributed by atoms with Crippen LogP contribution in [0.3, 0.4) is 0 Å². The molecule has 86 heavy (non-hydrogen) atoms. The average Bonchev–Trinajstić information content (AvgIpc) is 2.99. The number of nitrogens with one attached hydrogen (secondary N) is 9. The number of aliphatic hydroxyl groups is 1. The van der Waals surface area contributed by atoms with Gasteiger partial charge in [-0.1, -0.05) is 125 Å². The maximum absolute atomic E-state index is 14.5. The van der Waals surface area contributed by atoms with Crippen molar-refractivity contribution in [3.05, 3.63) is 35.9 Å². The number of hydrogen-bond donors (Lipinski definition) is 14. The largest absolute Gasteiger partial charge is 0.480 e. The van der Waals surface area contributed by atoms with E-state index in [0.29, 0.717) is 25.7 Å². The van der Waals surface area contributed by atoms with E-state index in [1.54, 1.807) is 85.7 Å². The van der Waals surface area contributed by atoms with Crippen LogP contribution < -0.4 is 65.1 Å². The van der Waals surface area contributed by atoms with Gasteiger partial charge in [0, 0.05) is 19.4 Å². The van der Waals surface area contributed by atoms with Crippen LogP contribution in [0, 0.1) is 29.6 Å². The summed E-state index contributed by atoms with van der Waals surface area (Å²) in [6, 6.07) is -4.46. The minimum absolute atomic E-state index is 0.0305. The fourth-order valence-electron chi connectivity index (χ4n) is 9.37.